The van der Waals surface area contributed by atoms with E-state index in [0.717, 1.165) is 18.1 Å². The van der Waals surface area contributed by atoms with Gasteiger partial charge in [-0.25, -0.2) is 4.79 Å². The van der Waals surface area contributed by atoms with E-state index in [2.05, 4.69) is 41.5 Å². The van der Waals surface area contributed by atoms with E-state index < -0.39 is 20.3 Å². The average Bonchev–Trinajstić information content (AvgIpc) is 2.32. The van der Waals surface area contributed by atoms with Crippen molar-refractivity contribution in [3.63, 3.8) is 0 Å². The summed E-state index contributed by atoms with van der Waals surface area (Å²) >= 11 is 0. The van der Waals surface area contributed by atoms with Crippen LogP contribution in [0.2, 0.25) is 18.1 Å². The standard InChI is InChI=1S/C18H34O4Si/c1-8-16(9-17(19)20)18(21)22-23(10-13(2)3,11-14(4)5)12-15(6)7/h8,13-15H,9-12H2,1-7H3,(H,19,20). The quantitative estimate of drug-likeness (QED) is 0.455. The summed E-state index contributed by atoms with van der Waals surface area (Å²) < 4.78 is 6.09. The molecule has 23 heavy (non-hydrogen) atoms. The van der Waals surface area contributed by atoms with Gasteiger partial charge in [-0.1, -0.05) is 47.6 Å². The summed E-state index contributed by atoms with van der Waals surface area (Å²) in [6, 6.07) is 2.79. The van der Waals surface area contributed by atoms with Crippen molar-refractivity contribution in [3.05, 3.63) is 11.6 Å². The van der Waals surface area contributed by atoms with Gasteiger partial charge in [-0.3, -0.25) is 4.79 Å². The number of carboxylic acid groups (broad SMARTS) is 1. The first-order chi connectivity index (χ1) is 10.5. The maximum atomic E-state index is 12.6. The molecule has 0 aromatic heterocycles. The van der Waals surface area contributed by atoms with Crippen LogP contribution < -0.4 is 0 Å². The van der Waals surface area contributed by atoms with E-state index in [1.165, 1.54) is 0 Å². The van der Waals surface area contributed by atoms with Crippen LogP contribution in [-0.4, -0.2) is 25.4 Å². The van der Waals surface area contributed by atoms with Gasteiger partial charge < -0.3 is 9.53 Å². The molecule has 0 saturated heterocycles. The molecule has 0 atom stereocenters. The third-order valence-electron chi connectivity index (χ3n) is 3.60. The summed E-state index contributed by atoms with van der Waals surface area (Å²) in [5, 5.41) is 8.96. The number of rotatable bonds is 10. The Kier molecular flexibility index (Phi) is 9.43. The minimum atomic E-state index is -2.26. The predicted octanol–water partition coefficient (Wildman–Crippen LogP) is 4.86. The maximum absolute atomic E-state index is 12.6. The zero-order valence-electron chi connectivity index (χ0n) is 15.8. The highest BCUT2D eigenvalue weighted by Gasteiger charge is 2.41. The van der Waals surface area contributed by atoms with Gasteiger partial charge in [0.2, 0.25) is 0 Å². The number of allylic oxidation sites excluding steroid dienone is 1. The molecule has 0 aromatic rings. The normalized spacial score (nSPS) is 13.0. The number of carboxylic acids is 1. The van der Waals surface area contributed by atoms with E-state index >= 15 is 0 Å². The number of carbonyl (C=O) groups is 2. The molecule has 5 heteroatoms. The first-order valence-electron chi connectivity index (χ1n) is 8.61. The Labute approximate surface area is 142 Å². The SMILES string of the molecule is CC=C(CC(=O)O)C(=O)O[Si](CC(C)C)(CC(C)C)CC(C)C. The summed E-state index contributed by atoms with van der Waals surface area (Å²) in [6.45, 7) is 14.6. The second kappa shape index (κ2) is 9.91. The van der Waals surface area contributed by atoms with E-state index in [-0.39, 0.29) is 12.0 Å². The molecule has 0 spiro atoms. The Balaban J connectivity index is 5.46. The van der Waals surface area contributed by atoms with Crippen LogP contribution in [0, 0.1) is 17.8 Å². The fourth-order valence-electron chi connectivity index (χ4n) is 3.32. The fourth-order valence-corrected chi connectivity index (χ4v) is 9.06. The molecule has 0 radical (unpaired) electrons. The first-order valence-corrected chi connectivity index (χ1v) is 11.1. The summed E-state index contributed by atoms with van der Waals surface area (Å²) in [5.74, 6) is -0.0519. The zero-order chi connectivity index (χ0) is 18.2. The van der Waals surface area contributed by atoms with Crippen molar-refractivity contribution < 1.29 is 19.1 Å². The molecule has 0 aliphatic carbocycles. The molecule has 0 bridgehead atoms. The molecule has 4 nitrogen and oxygen atoms in total. The van der Waals surface area contributed by atoms with Crippen LogP contribution >= 0.6 is 0 Å². The van der Waals surface area contributed by atoms with E-state index in [4.69, 9.17) is 9.53 Å². The Hall–Kier alpha value is -1.10. The van der Waals surface area contributed by atoms with Gasteiger partial charge in [0.25, 0.3) is 8.32 Å². The van der Waals surface area contributed by atoms with Crippen LogP contribution in [0.3, 0.4) is 0 Å². The van der Waals surface area contributed by atoms with Crippen LogP contribution in [0.15, 0.2) is 11.6 Å². The second-order valence-corrected chi connectivity index (χ2v) is 11.5. The van der Waals surface area contributed by atoms with E-state index in [1.807, 2.05) is 0 Å². The van der Waals surface area contributed by atoms with Crippen LogP contribution in [0.4, 0.5) is 0 Å². The van der Waals surface area contributed by atoms with Gasteiger partial charge in [0.05, 0.1) is 6.42 Å². The summed E-state index contributed by atoms with van der Waals surface area (Å²) in [5.41, 5.74) is 0.255. The third-order valence-corrected chi connectivity index (χ3v) is 8.90. The van der Waals surface area contributed by atoms with Crippen molar-refractivity contribution in [2.75, 3.05) is 0 Å². The summed E-state index contributed by atoms with van der Waals surface area (Å²) in [7, 11) is -2.26. The molecule has 0 unspecified atom stereocenters. The van der Waals surface area contributed by atoms with Gasteiger partial charge >= 0.3 is 11.9 Å². The average molecular weight is 343 g/mol. The lowest BCUT2D eigenvalue weighted by atomic mass is 10.2. The molecule has 0 saturated carbocycles. The Bertz CT molecular complexity index is 398. The second-order valence-electron chi connectivity index (χ2n) is 7.75. The van der Waals surface area contributed by atoms with Crippen molar-refractivity contribution >= 4 is 20.3 Å². The molecule has 0 amide bonds. The predicted molar refractivity (Wildman–Crippen MR) is 96.8 cm³/mol. The lowest BCUT2D eigenvalue weighted by Gasteiger charge is -2.35. The lowest BCUT2D eigenvalue weighted by molar-refractivity contribution is -0.139. The molecular weight excluding hydrogens is 308 g/mol. The highest BCUT2D eigenvalue weighted by molar-refractivity contribution is 6.75. The molecule has 0 aliphatic heterocycles. The van der Waals surface area contributed by atoms with Gasteiger partial charge in [0.15, 0.2) is 0 Å². The van der Waals surface area contributed by atoms with Gasteiger partial charge in [0.1, 0.15) is 0 Å². The van der Waals surface area contributed by atoms with Crippen molar-refractivity contribution in [1.29, 1.82) is 0 Å². The minimum Gasteiger partial charge on any atom is -0.516 e. The summed E-state index contributed by atoms with van der Waals surface area (Å²) in [4.78, 5) is 23.5. The number of hydrogen-bond acceptors (Lipinski definition) is 3. The molecule has 0 rings (SSSR count). The number of hydrogen-bond donors (Lipinski definition) is 1. The highest BCUT2D eigenvalue weighted by Crippen LogP contribution is 2.34. The van der Waals surface area contributed by atoms with Crippen molar-refractivity contribution in [2.24, 2.45) is 17.8 Å². The van der Waals surface area contributed by atoms with Gasteiger partial charge in [-0.15, -0.1) is 0 Å². The van der Waals surface area contributed by atoms with Gasteiger partial charge in [-0.05, 0) is 42.8 Å². The minimum absolute atomic E-state index is 0.255. The molecular formula is C18H34O4Si. The van der Waals surface area contributed by atoms with Crippen molar-refractivity contribution in [2.45, 2.75) is 73.0 Å². The number of carbonyl (C=O) groups excluding carboxylic acids is 1. The Morgan fingerprint density at radius 3 is 1.61 bits per heavy atom. The zero-order valence-corrected chi connectivity index (χ0v) is 16.8. The van der Waals surface area contributed by atoms with Crippen molar-refractivity contribution in [3.8, 4) is 0 Å². The molecule has 0 aliphatic rings. The molecule has 134 valence electrons. The molecule has 1 N–H and O–H groups in total. The van der Waals surface area contributed by atoms with Crippen LogP contribution in [0.5, 0.6) is 0 Å². The Morgan fingerprint density at radius 2 is 1.35 bits per heavy atom. The lowest BCUT2D eigenvalue weighted by Crippen LogP contribution is -2.44. The first kappa shape index (κ1) is 21.9. The smallest absolute Gasteiger partial charge is 0.320 e. The monoisotopic (exact) mass is 342 g/mol. The maximum Gasteiger partial charge on any atom is 0.320 e. The van der Waals surface area contributed by atoms with E-state index in [9.17, 15) is 9.59 Å². The highest BCUT2D eigenvalue weighted by atomic mass is 28.4. The van der Waals surface area contributed by atoms with E-state index in [1.54, 1.807) is 13.0 Å². The third kappa shape index (κ3) is 8.94. The fraction of sp³-hybridized carbons (Fsp3) is 0.778. The van der Waals surface area contributed by atoms with Crippen molar-refractivity contribution in [1.82, 2.24) is 0 Å². The van der Waals surface area contributed by atoms with Gasteiger partial charge in [0, 0.05) is 5.57 Å². The van der Waals surface area contributed by atoms with Crippen LogP contribution in [0.1, 0.15) is 54.9 Å². The Morgan fingerprint density at radius 1 is 0.957 bits per heavy atom. The topological polar surface area (TPSA) is 63.6 Å². The van der Waals surface area contributed by atoms with Crippen LogP contribution in [0.25, 0.3) is 0 Å². The largest absolute Gasteiger partial charge is 0.516 e. The summed E-state index contributed by atoms with van der Waals surface area (Å²) in [6.07, 6.45) is 1.29. The van der Waals surface area contributed by atoms with Gasteiger partial charge in [-0.2, -0.15) is 0 Å². The number of aliphatic carboxylic acids is 1. The molecule has 0 aromatic carbocycles. The molecule has 0 fully saturated rings. The van der Waals surface area contributed by atoms with Crippen LogP contribution in [-0.2, 0) is 14.0 Å². The van der Waals surface area contributed by atoms with E-state index in [0.29, 0.717) is 17.8 Å². The molecule has 0 heterocycles.